The van der Waals surface area contributed by atoms with Crippen LogP contribution in [0.25, 0.3) is 17.1 Å². The maximum Gasteiger partial charge on any atom is 0.238 e. The summed E-state index contributed by atoms with van der Waals surface area (Å²) in [5.74, 6) is 0.0450. The van der Waals surface area contributed by atoms with Crippen LogP contribution in [0.3, 0.4) is 0 Å². The molecule has 0 aliphatic carbocycles. The molecule has 3 aromatic rings. The van der Waals surface area contributed by atoms with Crippen molar-refractivity contribution in [2.75, 3.05) is 0 Å². The lowest BCUT2D eigenvalue weighted by molar-refractivity contribution is 0.597. The highest BCUT2D eigenvalue weighted by Gasteiger charge is 2.12. The van der Waals surface area contributed by atoms with E-state index in [-0.39, 0.29) is 10.7 Å². The van der Waals surface area contributed by atoms with Crippen molar-refractivity contribution in [1.29, 1.82) is 0 Å². The number of hydrogen-bond acceptors (Lipinski definition) is 5. The highest BCUT2D eigenvalue weighted by Crippen LogP contribution is 2.20. The summed E-state index contributed by atoms with van der Waals surface area (Å²) >= 11 is 0. The molecular formula is C13H10FN5O2S. The Morgan fingerprint density at radius 3 is 2.23 bits per heavy atom. The van der Waals surface area contributed by atoms with Crippen molar-refractivity contribution in [3.8, 4) is 17.1 Å². The van der Waals surface area contributed by atoms with E-state index in [4.69, 9.17) is 5.14 Å². The first-order valence-corrected chi connectivity index (χ1v) is 7.67. The molecule has 9 heteroatoms. The molecule has 0 bridgehead atoms. The lowest BCUT2D eigenvalue weighted by Crippen LogP contribution is -2.12. The molecule has 0 atom stereocenters. The number of rotatable bonds is 3. The van der Waals surface area contributed by atoms with Gasteiger partial charge in [-0.25, -0.2) is 17.9 Å². The second kappa shape index (κ2) is 5.28. The van der Waals surface area contributed by atoms with E-state index in [9.17, 15) is 12.8 Å². The smallest absolute Gasteiger partial charge is 0.225 e. The molecule has 0 aliphatic rings. The predicted octanol–water partition coefficient (Wildman–Crippen LogP) is 1.12. The zero-order valence-electron chi connectivity index (χ0n) is 11.1. The number of nitrogens with two attached hydrogens (primary N) is 1. The fourth-order valence-corrected chi connectivity index (χ4v) is 2.43. The van der Waals surface area contributed by atoms with Gasteiger partial charge in [0.05, 0.1) is 10.6 Å². The average molecular weight is 319 g/mol. The van der Waals surface area contributed by atoms with Crippen molar-refractivity contribution in [1.82, 2.24) is 20.2 Å². The average Bonchev–Trinajstić information content (AvgIpc) is 2.97. The summed E-state index contributed by atoms with van der Waals surface area (Å²) in [5.41, 5.74) is 1.18. The van der Waals surface area contributed by atoms with Crippen LogP contribution in [0.5, 0.6) is 0 Å². The number of aromatic nitrogens is 4. The summed E-state index contributed by atoms with van der Waals surface area (Å²) in [6.45, 7) is 0. The Bertz CT molecular complexity index is 904. The minimum atomic E-state index is -3.76. The number of benzene rings is 2. The van der Waals surface area contributed by atoms with Gasteiger partial charge in [0, 0.05) is 5.56 Å². The van der Waals surface area contributed by atoms with Gasteiger partial charge < -0.3 is 0 Å². The molecule has 3 rings (SSSR count). The number of hydrogen-bond donors (Lipinski definition) is 1. The Morgan fingerprint density at radius 1 is 1.00 bits per heavy atom. The zero-order valence-corrected chi connectivity index (χ0v) is 11.9. The molecule has 22 heavy (non-hydrogen) atoms. The Labute approximate surface area is 125 Å². The summed E-state index contributed by atoms with van der Waals surface area (Å²) in [7, 11) is -3.76. The minimum absolute atomic E-state index is 0.00680. The zero-order chi connectivity index (χ0) is 15.7. The Morgan fingerprint density at radius 2 is 1.64 bits per heavy atom. The van der Waals surface area contributed by atoms with Gasteiger partial charge in [0.15, 0.2) is 5.82 Å². The predicted molar refractivity (Wildman–Crippen MR) is 75.9 cm³/mol. The van der Waals surface area contributed by atoms with Crippen LogP contribution in [-0.4, -0.2) is 28.6 Å². The second-order valence-electron chi connectivity index (χ2n) is 4.46. The summed E-state index contributed by atoms with van der Waals surface area (Å²) in [4.78, 5) is -0.00680. The van der Waals surface area contributed by atoms with E-state index in [2.05, 4.69) is 15.5 Å². The molecule has 0 amide bonds. The maximum absolute atomic E-state index is 13.0. The van der Waals surface area contributed by atoms with Crippen LogP contribution in [-0.2, 0) is 10.0 Å². The Balaban J connectivity index is 2.03. The normalized spacial score (nSPS) is 11.5. The molecule has 0 saturated heterocycles. The molecule has 0 radical (unpaired) electrons. The van der Waals surface area contributed by atoms with Gasteiger partial charge >= 0.3 is 0 Å². The molecule has 112 valence electrons. The molecule has 1 heterocycles. The SMILES string of the molecule is NS(=O)(=O)c1ccc(-n2nnnc2-c2ccc(F)cc2)cc1. The van der Waals surface area contributed by atoms with Crippen molar-refractivity contribution in [3.63, 3.8) is 0 Å². The first-order valence-electron chi connectivity index (χ1n) is 6.13. The fraction of sp³-hybridized carbons (Fsp3) is 0. The third kappa shape index (κ3) is 2.71. The number of halogens is 1. The van der Waals surface area contributed by atoms with E-state index in [1.165, 1.54) is 41.1 Å². The van der Waals surface area contributed by atoms with Crippen LogP contribution in [0.15, 0.2) is 53.4 Å². The van der Waals surface area contributed by atoms with Gasteiger partial charge in [-0.1, -0.05) is 0 Å². The lowest BCUT2D eigenvalue weighted by Gasteiger charge is -2.05. The summed E-state index contributed by atoms with van der Waals surface area (Å²) in [5, 5.41) is 16.4. The fourth-order valence-electron chi connectivity index (χ4n) is 1.92. The van der Waals surface area contributed by atoms with Crippen molar-refractivity contribution >= 4 is 10.0 Å². The molecule has 0 saturated carbocycles. The van der Waals surface area contributed by atoms with E-state index in [0.29, 0.717) is 17.1 Å². The van der Waals surface area contributed by atoms with E-state index < -0.39 is 10.0 Å². The summed E-state index contributed by atoms with van der Waals surface area (Å²) in [6, 6.07) is 11.5. The molecule has 0 spiro atoms. The van der Waals surface area contributed by atoms with E-state index in [1.807, 2.05) is 0 Å². The topological polar surface area (TPSA) is 104 Å². The van der Waals surface area contributed by atoms with Crippen LogP contribution in [0.4, 0.5) is 4.39 Å². The van der Waals surface area contributed by atoms with Gasteiger partial charge in [-0.3, -0.25) is 0 Å². The van der Waals surface area contributed by atoms with Crippen LogP contribution in [0.2, 0.25) is 0 Å². The minimum Gasteiger partial charge on any atom is -0.225 e. The van der Waals surface area contributed by atoms with Gasteiger partial charge in [-0.05, 0) is 59.0 Å². The highest BCUT2D eigenvalue weighted by molar-refractivity contribution is 7.89. The lowest BCUT2D eigenvalue weighted by atomic mass is 10.2. The van der Waals surface area contributed by atoms with Crippen LogP contribution >= 0.6 is 0 Å². The largest absolute Gasteiger partial charge is 0.238 e. The van der Waals surface area contributed by atoms with Crippen LogP contribution in [0.1, 0.15) is 0 Å². The summed E-state index contributed by atoms with van der Waals surface area (Å²) < 4.78 is 36.9. The van der Waals surface area contributed by atoms with E-state index in [0.717, 1.165) is 0 Å². The van der Waals surface area contributed by atoms with Gasteiger partial charge in [0.25, 0.3) is 0 Å². The number of primary sulfonamides is 1. The first kappa shape index (κ1) is 14.3. The molecule has 2 N–H and O–H groups in total. The number of nitrogens with zero attached hydrogens (tertiary/aromatic N) is 4. The molecule has 1 aromatic heterocycles. The first-order chi connectivity index (χ1) is 10.4. The molecular weight excluding hydrogens is 309 g/mol. The monoisotopic (exact) mass is 319 g/mol. The second-order valence-corrected chi connectivity index (χ2v) is 6.02. The van der Waals surface area contributed by atoms with Crippen molar-refractivity contribution in [2.45, 2.75) is 4.90 Å². The highest BCUT2D eigenvalue weighted by atomic mass is 32.2. The Hall–Kier alpha value is -2.65. The quantitative estimate of drug-likeness (QED) is 0.779. The van der Waals surface area contributed by atoms with E-state index >= 15 is 0 Å². The number of tetrazole rings is 1. The van der Waals surface area contributed by atoms with E-state index in [1.54, 1.807) is 12.1 Å². The molecule has 2 aromatic carbocycles. The molecule has 0 unspecified atom stereocenters. The maximum atomic E-state index is 13.0. The van der Waals surface area contributed by atoms with Crippen LogP contribution in [0, 0.1) is 5.82 Å². The van der Waals surface area contributed by atoms with Crippen molar-refractivity contribution in [2.24, 2.45) is 5.14 Å². The van der Waals surface area contributed by atoms with Crippen molar-refractivity contribution < 1.29 is 12.8 Å². The number of sulfonamides is 1. The van der Waals surface area contributed by atoms with Crippen LogP contribution < -0.4 is 5.14 Å². The standard InChI is InChI=1S/C13H10FN5O2S/c14-10-3-1-9(2-4-10)13-16-17-18-19(13)11-5-7-12(8-6-11)22(15,20)21/h1-8H,(H2,15,20,21). The third-order valence-electron chi connectivity index (χ3n) is 2.98. The van der Waals surface area contributed by atoms with Gasteiger partial charge in [0.2, 0.25) is 10.0 Å². The molecule has 0 fully saturated rings. The van der Waals surface area contributed by atoms with Gasteiger partial charge in [0.1, 0.15) is 5.82 Å². The Kier molecular flexibility index (Phi) is 3.43. The van der Waals surface area contributed by atoms with Gasteiger partial charge in [-0.15, -0.1) is 5.10 Å². The van der Waals surface area contributed by atoms with Gasteiger partial charge in [-0.2, -0.15) is 4.68 Å². The summed E-state index contributed by atoms with van der Waals surface area (Å²) in [6.07, 6.45) is 0. The van der Waals surface area contributed by atoms with Crippen molar-refractivity contribution in [3.05, 3.63) is 54.3 Å². The molecule has 0 aliphatic heterocycles. The third-order valence-corrected chi connectivity index (χ3v) is 3.91. The molecule has 7 nitrogen and oxygen atoms in total.